The molecule has 0 bridgehead atoms. The van der Waals surface area contributed by atoms with E-state index in [0.717, 1.165) is 0 Å². The summed E-state index contributed by atoms with van der Waals surface area (Å²) in [6.45, 7) is 0. The lowest BCUT2D eigenvalue weighted by Gasteiger charge is -2.20. The summed E-state index contributed by atoms with van der Waals surface area (Å²) >= 11 is 5.93. The first kappa shape index (κ1) is 14.2. The molecule has 0 unspecified atom stereocenters. The highest BCUT2D eigenvalue weighted by Crippen LogP contribution is 2.39. The van der Waals surface area contributed by atoms with E-state index in [1.165, 1.54) is 24.4 Å². The maximum atomic E-state index is 12.9. The van der Waals surface area contributed by atoms with Crippen LogP contribution in [0.15, 0.2) is 52.4 Å². The van der Waals surface area contributed by atoms with E-state index in [1.807, 2.05) is 0 Å². The normalized spacial score (nSPS) is 15.3. The highest BCUT2D eigenvalue weighted by atomic mass is 35.5. The zero-order chi connectivity index (χ0) is 16.4. The Bertz CT molecular complexity index is 1120. The van der Waals surface area contributed by atoms with Gasteiger partial charge in [-0.25, -0.2) is 8.42 Å². The molecule has 0 radical (unpaired) electrons. The molecule has 3 aromatic rings. The fraction of sp³-hybridized carbons (Fsp3) is 0. The molecule has 4 rings (SSSR count). The van der Waals surface area contributed by atoms with Crippen molar-refractivity contribution in [3.8, 4) is 0 Å². The molecule has 0 saturated carbocycles. The van der Waals surface area contributed by atoms with Gasteiger partial charge >= 0.3 is 0 Å². The Hall–Kier alpha value is -2.44. The summed E-state index contributed by atoms with van der Waals surface area (Å²) in [5.74, 6) is -0.419. The van der Waals surface area contributed by atoms with Crippen LogP contribution in [-0.2, 0) is 9.84 Å². The molecular weight excluding hydrogens is 336 g/mol. The Labute approximate surface area is 136 Å². The predicted molar refractivity (Wildman–Crippen MR) is 86.5 cm³/mol. The zero-order valence-corrected chi connectivity index (χ0v) is 13.1. The molecule has 23 heavy (non-hydrogen) atoms. The largest absolute Gasteiger partial charge is 0.398 e. The highest BCUT2D eigenvalue weighted by Gasteiger charge is 2.37. The number of fused-ring (bicyclic) bond motifs is 4. The molecule has 1 aromatic heterocycles. The summed E-state index contributed by atoms with van der Waals surface area (Å²) in [6.07, 6.45) is 1.21. The number of carbonyl (C=O) groups is 1. The number of hydrogen-bond acceptors (Lipinski definition) is 5. The average molecular weight is 345 g/mol. The Morgan fingerprint density at radius 2 is 1.87 bits per heavy atom. The van der Waals surface area contributed by atoms with E-state index in [9.17, 15) is 13.2 Å². The number of carbonyl (C=O) groups excluding carboxylic acids is 1. The van der Waals surface area contributed by atoms with E-state index >= 15 is 0 Å². The van der Waals surface area contributed by atoms with Gasteiger partial charge in [0, 0.05) is 27.9 Å². The molecule has 0 fully saturated rings. The summed E-state index contributed by atoms with van der Waals surface area (Å²) in [7, 11) is -3.86. The lowest BCUT2D eigenvalue weighted by molar-refractivity contribution is 0.103. The Morgan fingerprint density at radius 1 is 1.09 bits per heavy atom. The van der Waals surface area contributed by atoms with Gasteiger partial charge in [0.15, 0.2) is 5.78 Å². The number of halogens is 1. The number of anilines is 1. The van der Waals surface area contributed by atoms with Crippen LogP contribution in [0.3, 0.4) is 0 Å². The predicted octanol–water partition coefficient (Wildman–Crippen LogP) is 2.85. The first-order chi connectivity index (χ1) is 10.9. The van der Waals surface area contributed by atoms with Crippen molar-refractivity contribution in [3.05, 3.63) is 58.7 Å². The van der Waals surface area contributed by atoms with Gasteiger partial charge in [0.25, 0.3) is 0 Å². The fourth-order valence-corrected chi connectivity index (χ4v) is 4.60. The van der Waals surface area contributed by atoms with Crippen molar-refractivity contribution in [2.75, 3.05) is 5.73 Å². The molecule has 2 heterocycles. The van der Waals surface area contributed by atoms with Gasteiger partial charge in [-0.15, -0.1) is 0 Å². The van der Waals surface area contributed by atoms with Crippen molar-refractivity contribution >= 4 is 43.8 Å². The van der Waals surface area contributed by atoms with Gasteiger partial charge in [0.05, 0.1) is 16.0 Å². The number of nitrogens with two attached hydrogens (primary N) is 1. The second kappa shape index (κ2) is 4.53. The lowest BCUT2D eigenvalue weighted by Crippen LogP contribution is -2.21. The molecule has 0 atom stereocenters. The van der Waals surface area contributed by atoms with E-state index in [0.29, 0.717) is 21.6 Å². The number of hydrogen-bond donors (Lipinski definition) is 1. The van der Waals surface area contributed by atoms with Crippen LogP contribution < -0.4 is 5.73 Å². The number of sulfone groups is 1. The second-order valence-corrected chi connectivity index (χ2v) is 7.53. The van der Waals surface area contributed by atoms with E-state index in [1.54, 1.807) is 18.2 Å². The molecule has 114 valence electrons. The van der Waals surface area contributed by atoms with Crippen LogP contribution in [-0.4, -0.2) is 19.2 Å². The van der Waals surface area contributed by atoms with Crippen LogP contribution in [0.2, 0.25) is 5.02 Å². The number of pyridine rings is 1. The van der Waals surface area contributed by atoms with Gasteiger partial charge in [0.2, 0.25) is 9.84 Å². The Morgan fingerprint density at radius 3 is 2.65 bits per heavy atom. The molecule has 2 aromatic carbocycles. The monoisotopic (exact) mass is 344 g/mol. The zero-order valence-electron chi connectivity index (χ0n) is 11.6. The quantitative estimate of drug-likeness (QED) is 0.495. The van der Waals surface area contributed by atoms with Crippen molar-refractivity contribution in [2.45, 2.75) is 9.79 Å². The number of nitrogens with zero attached hydrogens (tertiary/aromatic N) is 1. The van der Waals surface area contributed by atoms with Crippen LogP contribution in [0.1, 0.15) is 15.9 Å². The van der Waals surface area contributed by atoms with E-state index < -0.39 is 15.6 Å². The maximum Gasteiger partial charge on any atom is 0.209 e. The standard InChI is InChI=1S/C16H9ClN2O3S/c17-8-4-5-12-9(6-8)16(20)15-13(23(12,21)22)7-19-11-3-1-2-10(18)14(11)15/h1-7H,18H2. The minimum atomic E-state index is -3.86. The van der Waals surface area contributed by atoms with Crippen LogP contribution in [0.5, 0.6) is 0 Å². The number of aromatic nitrogens is 1. The third kappa shape index (κ3) is 1.82. The van der Waals surface area contributed by atoms with Gasteiger partial charge in [-0.3, -0.25) is 9.78 Å². The van der Waals surface area contributed by atoms with Gasteiger partial charge in [-0.1, -0.05) is 17.7 Å². The minimum absolute atomic E-state index is 0.0563. The molecule has 0 spiro atoms. The smallest absolute Gasteiger partial charge is 0.209 e. The third-order valence-corrected chi connectivity index (χ3v) is 5.94. The first-order valence-electron chi connectivity index (χ1n) is 6.68. The van der Waals surface area contributed by atoms with Crippen molar-refractivity contribution in [3.63, 3.8) is 0 Å². The number of nitrogen functional groups attached to an aromatic ring is 1. The first-order valence-corrected chi connectivity index (χ1v) is 8.54. The van der Waals surface area contributed by atoms with Gasteiger partial charge in [-0.05, 0) is 30.3 Å². The molecule has 1 aliphatic heterocycles. The average Bonchev–Trinajstić information content (AvgIpc) is 2.52. The molecular formula is C16H9ClN2O3S. The lowest BCUT2D eigenvalue weighted by atomic mass is 9.98. The van der Waals surface area contributed by atoms with Gasteiger partial charge in [0.1, 0.15) is 4.90 Å². The van der Waals surface area contributed by atoms with E-state index in [2.05, 4.69) is 4.98 Å². The molecule has 0 saturated heterocycles. The number of ketones is 1. The summed E-state index contributed by atoms with van der Waals surface area (Å²) in [6, 6.07) is 9.14. The minimum Gasteiger partial charge on any atom is -0.398 e. The molecule has 0 amide bonds. The molecule has 0 aliphatic carbocycles. The van der Waals surface area contributed by atoms with Gasteiger partial charge < -0.3 is 5.73 Å². The third-order valence-electron chi connectivity index (χ3n) is 3.88. The summed E-state index contributed by atoms with van der Waals surface area (Å²) in [5.41, 5.74) is 6.86. The maximum absolute atomic E-state index is 12.9. The molecule has 5 nitrogen and oxygen atoms in total. The van der Waals surface area contributed by atoms with E-state index in [-0.39, 0.29) is 20.9 Å². The summed E-state index contributed by atoms with van der Waals surface area (Å²) in [5, 5.41) is 0.645. The fourth-order valence-electron chi connectivity index (χ4n) is 2.85. The second-order valence-electron chi connectivity index (χ2n) is 5.21. The van der Waals surface area contributed by atoms with Crippen LogP contribution in [0.4, 0.5) is 5.69 Å². The molecule has 7 heteroatoms. The van der Waals surface area contributed by atoms with Crippen molar-refractivity contribution in [1.29, 1.82) is 0 Å². The molecule has 1 aliphatic rings. The SMILES string of the molecule is Nc1cccc2ncc3c(c12)C(=O)c1cc(Cl)ccc1S3(=O)=O. The number of rotatable bonds is 0. The topological polar surface area (TPSA) is 90.1 Å². The molecule has 2 N–H and O–H groups in total. The van der Waals surface area contributed by atoms with Crippen molar-refractivity contribution in [2.24, 2.45) is 0 Å². The van der Waals surface area contributed by atoms with Crippen LogP contribution in [0, 0.1) is 0 Å². The van der Waals surface area contributed by atoms with Gasteiger partial charge in [-0.2, -0.15) is 0 Å². The van der Waals surface area contributed by atoms with E-state index in [4.69, 9.17) is 17.3 Å². The van der Waals surface area contributed by atoms with Crippen molar-refractivity contribution < 1.29 is 13.2 Å². The van der Waals surface area contributed by atoms with Crippen molar-refractivity contribution in [1.82, 2.24) is 4.98 Å². The van der Waals surface area contributed by atoms with Crippen LogP contribution >= 0.6 is 11.6 Å². The Balaban J connectivity index is 2.22. The summed E-state index contributed by atoms with van der Waals surface area (Å²) < 4.78 is 25.7. The summed E-state index contributed by atoms with van der Waals surface area (Å²) in [4.78, 5) is 16.9. The highest BCUT2D eigenvalue weighted by molar-refractivity contribution is 7.91. The van der Waals surface area contributed by atoms with Crippen LogP contribution in [0.25, 0.3) is 10.9 Å². The number of benzene rings is 2. The Kier molecular flexibility index (Phi) is 2.79.